The summed E-state index contributed by atoms with van der Waals surface area (Å²) in [7, 11) is 0. The van der Waals surface area contributed by atoms with Gasteiger partial charge in [-0.15, -0.1) is 0 Å². The zero-order chi connectivity index (χ0) is 21.2. The van der Waals surface area contributed by atoms with Crippen molar-refractivity contribution in [2.45, 2.75) is 13.1 Å². The molecule has 0 saturated heterocycles. The van der Waals surface area contributed by atoms with Gasteiger partial charge >= 0.3 is 6.18 Å². The van der Waals surface area contributed by atoms with Crippen LogP contribution in [-0.2, 0) is 6.18 Å². The number of alkyl halides is 3. The number of halogens is 5. The first-order valence-electron chi connectivity index (χ1n) is 8.61. The number of carbonyl (C=O) groups excluding carboxylic acids is 1. The number of benzene rings is 3. The van der Waals surface area contributed by atoms with Crippen LogP contribution < -0.4 is 0 Å². The number of aldehydes is 1. The van der Waals surface area contributed by atoms with Gasteiger partial charge in [-0.1, -0.05) is 48.6 Å². The highest BCUT2D eigenvalue weighted by Crippen LogP contribution is 2.34. The molecule has 148 valence electrons. The van der Waals surface area contributed by atoms with E-state index in [-0.39, 0.29) is 16.7 Å². The molecule has 3 aromatic rings. The molecule has 0 bridgehead atoms. The third-order valence-electron chi connectivity index (χ3n) is 4.58. The minimum absolute atomic E-state index is 0.0664. The highest BCUT2D eigenvalue weighted by molar-refractivity contribution is 5.81. The van der Waals surface area contributed by atoms with E-state index in [0.29, 0.717) is 23.0 Å². The summed E-state index contributed by atoms with van der Waals surface area (Å²) in [6.07, 6.45) is -1.40. The maximum atomic E-state index is 14.2. The summed E-state index contributed by atoms with van der Waals surface area (Å²) in [5.74, 6) is -1.97. The van der Waals surface area contributed by atoms with Crippen LogP contribution in [0.1, 0.15) is 32.6 Å². The lowest BCUT2D eigenvalue weighted by Gasteiger charge is -2.12. The van der Waals surface area contributed by atoms with Crippen LogP contribution in [0.25, 0.3) is 23.3 Å². The van der Waals surface area contributed by atoms with Crippen LogP contribution in [0.4, 0.5) is 22.0 Å². The van der Waals surface area contributed by atoms with Crippen molar-refractivity contribution in [1.82, 2.24) is 0 Å². The number of carbonyl (C=O) groups is 1. The van der Waals surface area contributed by atoms with Gasteiger partial charge < -0.3 is 0 Å². The molecule has 0 fully saturated rings. The quantitative estimate of drug-likeness (QED) is 0.262. The summed E-state index contributed by atoms with van der Waals surface area (Å²) in [4.78, 5) is 10.9. The van der Waals surface area contributed by atoms with Crippen molar-refractivity contribution < 1.29 is 26.7 Å². The molecule has 0 spiro atoms. The molecule has 1 nitrogen and oxygen atoms in total. The predicted molar refractivity (Wildman–Crippen MR) is 102 cm³/mol. The van der Waals surface area contributed by atoms with Gasteiger partial charge in [0.1, 0.15) is 6.29 Å². The number of rotatable bonds is 4. The molecule has 0 aromatic heterocycles. The Morgan fingerprint density at radius 2 is 1.48 bits per heavy atom. The van der Waals surface area contributed by atoms with Gasteiger partial charge in [-0.05, 0) is 47.4 Å². The Bertz CT molecular complexity index is 1100. The van der Waals surface area contributed by atoms with Crippen LogP contribution in [0.3, 0.4) is 0 Å². The largest absolute Gasteiger partial charge is 0.416 e. The summed E-state index contributed by atoms with van der Waals surface area (Å²) in [5, 5.41) is 0. The molecular weight excluding hydrogens is 387 g/mol. The predicted octanol–water partition coefficient (Wildman–Crippen LogP) is 6.94. The monoisotopic (exact) mass is 402 g/mol. The fourth-order valence-corrected chi connectivity index (χ4v) is 3.07. The first-order chi connectivity index (χ1) is 13.7. The molecule has 0 radical (unpaired) electrons. The van der Waals surface area contributed by atoms with Crippen LogP contribution in [0.5, 0.6) is 0 Å². The summed E-state index contributed by atoms with van der Waals surface area (Å²) >= 11 is 0. The van der Waals surface area contributed by atoms with E-state index in [9.17, 15) is 26.7 Å². The van der Waals surface area contributed by atoms with E-state index in [1.807, 2.05) is 0 Å². The Morgan fingerprint density at radius 3 is 2.17 bits per heavy atom. The molecule has 3 aromatic carbocycles. The Balaban J connectivity index is 2.07. The highest BCUT2D eigenvalue weighted by atomic mass is 19.4. The summed E-state index contributed by atoms with van der Waals surface area (Å²) in [5.41, 5.74) is 0.695. The maximum Gasteiger partial charge on any atom is 0.416 e. The lowest BCUT2D eigenvalue weighted by molar-refractivity contribution is -0.137. The molecule has 0 unspecified atom stereocenters. The van der Waals surface area contributed by atoms with Crippen molar-refractivity contribution in [2.75, 3.05) is 0 Å². The average molecular weight is 402 g/mol. The van der Waals surface area contributed by atoms with Crippen molar-refractivity contribution in [3.63, 3.8) is 0 Å². The van der Waals surface area contributed by atoms with E-state index < -0.39 is 23.4 Å². The Hall–Kier alpha value is -3.28. The van der Waals surface area contributed by atoms with Crippen molar-refractivity contribution in [2.24, 2.45) is 0 Å². The third kappa shape index (κ3) is 4.26. The van der Waals surface area contributed by atoms with Gasteiger partial charge in [0.05, 0.1) is 5.56 Å². The average Bonchev–Trinajstić information content (AvgIpc) is 2.68. The zero-order valence-corrected chi connectivity index (χ0v) is 15.2. The van der Waals surface area contributed by atoms with Gasteiger partial charge in [-0.25, -0.2) is 8.78 Å². The molecular formula is C23H15F5O. The SMILES string of the molecule is Cc1c(/C=C/c2cc(C=O)ccc2C(F)(F)F)cccc1-c1cccc(F)c1F. The van der Waals surface area contributed by atoms with Crippen molar-refractivity contribution >= 4 is 18.4 Å². The zero-order valence-electron chi connectivity index (χ0n) is 15.2. The smallest absolute Gasteiger partial charge is 0.298 e. The first kappa shape index (κ1) is 20.5. The second-order valence-corrected chi connectivity index (χ2v) is 6.42. The number of hydrogen-bond donors (Lipinski definition) is 0. The Kier molecular flexibility index (Phi) is 5.64. The van der Waals surface area contributed by atoms with Gasteiger partial charge in [-0.3, -0.25) is 4.79 Å². The van der Waals surface area contributed by atoms with Gasteiger partial charge in [0.25, 0.3) is 0 Å². The van der Waals surface area contributed by atoms with E-state index in [4.69, 9.17) is 0 Å². The lowest BCUT2D eigenvalue weighted by atomic mass is 9.95. The van der Waals surface area contributed by atoms with E-state index >= 15 is 0 Å². The minimum Gasteiger partial charge on any atom is -0.298 e. The van der Waals surface area contributed by atoms with E-state index in [1.54, 1.807) is 25.1 Å². The second kappa shape index (κ2) is 7.99. The lowest BCUT2D eigenvalue weighted by Crippen LogP contribution is -2.07. The third-order valence-corrected chi connectivity index (χ3v) is 4.58. The second-order valence-electron chi connectivity index (χ2n) is 6.42. The summed E-state index contributed by atoms with van der Waals surface area (Å²) in [6.45, 7) is 1.67. The van der Waals surface area contributed by atoms with E-state index in [0.717, 1.165) is 24.3 Å². The topological polar surface area (TPSA) is 17.1 Å². The molecule has 0 N–H and O–H groups in total. The summed E-state index contributed by atoms with van der Waals surface area (Å²) in [6, 6.07) is 11.8. The standard InChI is InChI=1S/C23H15F5O/c1-14-16(4-2-5-18(14)19-6-3-7-21(24)22(19)25)9-10-17-12-15(13-29)8-11-20(17)23(26,27)28/h2-13H,1H3/b10-9+. The van der Waals surface area contributed by atoms with Crippen LogP contribution in [-0.4, -0.2) is 6.29 Å². The molecule has 6 heteroatoms. The molecule has 29 heavy (non-hydrogen) atoms. The van der Waals surface area contributed by atoms with Crippen molar-refractivity contribution in [3.05, 3.63) is 94.0 Å². The molecule has 0 atom stereocenters. The van der Waals surface area contributed by atoms with Gasteiger partial charge in [0, 0.05) is 11.1 Å². The molecule has 0 amide bonds. The Morgan fingerprint density at radius 1 is 0.828 bits per heavy atom. The van der Waals surface area contributed by atoms with Crippen molar-refractivity contribution in [1.29, 1.82) is 0 Å². The normalized spacial score (nSPS) is 11.8. The molecule has 0 aliphatic heterocycles. The fraction of sp³-hybridized carbons (Fsp3) is 0.0870. The molecule has 0 aliphatic rings. The summed E-state index contributed by atoms with van der Waals surface area (Å²) < 4.78 is 67.5. The van der Waals surface area contributed by atoms with Crippen LogP contribution >= 0.6 is 0 Å². The highest BCUT2D eigenvalue weighted by Gasteiger charge is 2.32. The van der Waals surface area contributed by atoms with Gasteiger partial charge in [-0.2, -0.15) is 13.2 Å². The molecule has 0 heterocycles. The number of hydrogen-bond acceptors (Lipinski definition) is 1. The van der Waals surface area contributed by atoms with Crippen LogP contribution in [0, 0.1) is 18.6 Å². The van der Waals surface area contributed by atoms with E-state index in [2.05, 4.69) is 0 Å². The van der Waals surface area contributed by atoms with E-state index in [1.165, 1.54) is 24.3 Å². The first-order valence-corrected chi connectivity index (χ1v) is 8.61. The molecule has 3 rings (SSSR count). The van der Waals surface area contributed by atoms with Gasteiger partial charge in [0.15, 0.2) is 11.6 Å². The van der Waals surface area contributed by atoms with Gasteiger partial charge in [0.2, 0.25) is 0 Å². The van der Waals surface area contributed by atoms with Crippen LogP contribution in [0.2, 0.25) is 0 Å². The maximum absolute atomic E-state index is 14.2. The Labute approximate surface area is 164 Å². The van der Waals surface area contributed by atoms with Crippen LogP contribution in [0.15, 0.2) is 54.6 Å². The fourth-order valence-electron chi connectivity index (χ4n) is 3.07. The minimum atomic E-state index is -4.58. The van der Waals surface area contributed by atoms with Crippen molar-refractivity contribution in [3.8, 4) is 11.1 Å². The molecule has 0 aliphatic carbocycles. The molecule has 0 saturated carbocycles.